The minimum atomic E-state index is -3.57. The van der Waals surface area contributed by atoms with Gasteiger partial charge in [0.2, 0.25) is 0 Å². The van der Waals surface area contributed by atoms with Crippen molar-refractivity contribution in [3.8, 4) is 11.5 Å². The molecule has 106 valence electrons. The normalized spacial score (nSPS) is 15.3. The van der Waals surface area contributed by atoms with Crippen LogP contribution < -0.4 is 14.8 Å². The Morgan fingerprint density at radius 3 is 2.90 bits per heavy atom. The van der Waals surface area contributed by atoms with Crippen molar-refractivity contribution in [1.82, 2.24) is 9.55 Å². The van der Waals surface area contributed by atoms with Crippen molar-refractivity contribution in [2.24, 2.45) is 0 Å². The fourth-order valence-corrected chi connectivity index (χ4v) is 1.97. The molecule has 0 bridgehead atoms. The summed E-state index contributed by atoms with van der Waals surface area (Å²) in [6.07, 6.45) is 2.69. The van der Waals surface area contributed by atoms with Gasteiger partial charge in [-0.3, -0.25) is 0 Å². The van der Waals surface area contributed by atoms with Gasteiger partial charge in [-0.2, -0.15) is 0 Å². The molecule has 3 rings (SSSR count). The van der Waals surface area contributed by atoms with Gasteiger partial charge in [0.05, 0.1) is 6.33 Å². The smallest absolute Gasteiger partial charge is 0.395 e. The molecule has 1 aliphatic rings. The molecule has 0 radical (unpaired) electrons. The molecule has 2 heterocycles. The topological polar surface area (TPSA) is 48.3 Å². The molecule has 7 heteroatoms. The molecule has 0 spiro atoms. The quantitative estimate of drug-likeness (QED) is 0.856. The Morgan fingerprint density at radius 2 is 2.10 bits per heavy atom. The van der Waals surface area contributed by atoms with Gasteiger partial charge >= 0.3 is 6.29 Å². The van der Waals surface area contributed by atoms with E-state index in [1.54, 1.807) is 18.6 Å². The third kappa shape index (κ3) is 2.81. The summed E-state index contributed by atoms with van der Waals surface area (Å²) < 4.78 is 36.4. The van der Waals surface area contributed by atoms with Crippen molar-refractivity contribution in [2.45, 2.75) is 19.3 Å². The minimum absolute atomic E-state index is 0.0506. The molecule has 0 fully saturated rings. The predicted octanol–water partition coefficient (Wildman–Crippen LogP) is 2.71. The average molecular weight is 281 g/mol. The number of anilines is 1. The molecule has 0 saturated heterocycles. The molecule has 1 aromatic heterocycles. The highest BCUT2D eigenvalue weighted by Crippen LogP contribution is 2.42. The highest BCUT2D eigenvalue weighted by Gasteiger charge is 2.43. The summed E-state index contributed by atoms with van der Waals surface area (Å²) in [6, 6.07) is 4.66. The number of nitrogens with zero attached hydrogens (tertiary/aromatic N) is 2. The third-order valence-electron chi connectivity index (χ3n) is 2.88. The molecular formula is C13H13F2N3O2. The van der Waals surface area contributed by atoms with E-state index < -0.39 is 6.29 Å². The largest absolute Gasteiger partial charge is 0.586 e. The predicted molar refractivity (Wildman–Crippen MR) is 68.0 cm³/mol. The first-order valence-electron chi connectivity index (χ1n) is 6.22. The van der Waals surface area contributed by atoms with Crippen molar-refractivity contribution < 1.29 is 18.3 Å². The molecule has 0 unspecified atom stereocenters. The molecule has 5 nitrogen and oxygen atoms in total. The van der Waals surface area contributed by atoms with Crippen molar-refractivity contribution in [3.63, 3.8) is 0 Å². The maximum atomic E-state index is 12.9. The summed E-state index contributed by atoms with van der Waals surface area (Å²) in [5, 5.41) is 3.15. The second-order valence-corrected chi connectivity index (χ2v) is 4.41. The number of aryl methyl sites for hydroxylation is 1. The van der Waals surface area contributed by atoms with E-state index in [2.05, 4.69) is 19.8 Å². The molecule has 1 N–H and O–H groups in total. The summed E-state index contributed by atoms with van der Waals surface area (Å²) in [4.78, 5) is 3.95. The Kier molecular flexibility index (Phi) is 3.17. The van der Waals surface area contributed by atoms with Gasteiger partial charge in [0.1, 0.15) is 0 Å². The lowest BCUT2D eigenvalue weighted by molar-refractivity contribution is -0.286. The summed E-state index contributed by atoms with van der Waals surface area (Å²) in [5.41, 5.74) is 0.718. The van der Waals surface area contributed by atoms with E-state index in [0.717, 1.165) is 18.7 Å². The zero-order chi connectivity index (χ0) is 14.0. The Hall–Kier alpha value is -2.31. The second kappa shape index (κ2) is 4.99. The van der Waals surface area contributed by atoms with E-state index in [0.29, 0.717) is 6.54 Å². The van der Waals surface area contributed by atoms with Crippen LogP contribution in [0.1, 0.15) is 6.42 Å². The number of fused-ring (bicyclic) bond motifs is 1. The van der Waals surface area contributed by atoms with Gasteiger partial charge in [0, 0.05) is 37.2 Å². The summed E-state index contributed by atoms with van der Waals surface area (Å²) >= 11 is 0. The molecule has 0 aliphatic carbocycles. The van der Waals surface area contributed by atoms with Gasteiger partial charge < -0.3 is 19.4 Å². The highest BCUT2D eigenvalue weighted by atomic mass is 19.3. The maximum absolute atomic E-state index is 12.9. The molecular weight excluding hydrogens is 268 g/mol. The molecule has 0 atom stereocenters. The van der Waals surface area contributed by atoms with E-state index in [-0.39, 0.29) is 11.5 Å². The van der Waals surface area contributed by atoms with Gasteiger partial charge in [-0.25, -0.2) is 4.98 Å². The summed E-state index contributed by atoms with van der Waals surface area (Å²) in [7, 11) is 0. The van der Waals surface area contributed by atoms with Gasteiger partial charge in [0.25, 0.3) is 0 Å². The van der Waals surface area contributed by atoms with E-state index in [1.807, 2.05) is 10.8 Å². The number of benzene rings is 1. The zero-order valence-corrected chi connectivity index (χ0v) is 10.6. The van der Waals surface area contributed by atoms with Gasteiger partial charge in [-0.1, -0.05) is 0 Å². The number of nitrogens with one attached hydrogen (secondary N) is 1. The molecule has 2 aromatic rings. The van der Waals surface area contributed by atoms with Crippen molar-refractivity contribution in [2.75, 3.05) is 11.9 Å². The van der Waals surface area contributed by atoms with Crippen molar-refractivity contribution in [1.29, 1.82) is 0 Å². The first-order valence-corrected chi connectivity index (χ1v) is 6.22. The molecule has 1 aliphatic heterocycles. The fourth-order valence-electron chi connectivity index (χ4n) is 1.97. The standard InChI is InChI=1S/C13H13F2N3O2/c14-13(15)19-11-3-2-10(8-12(11)20-13)17-4-1-6-18-7-5-16-9-18/h2-3,5,7-9,17H,1,4,6H2. The van der Waals surface area contributed by atoms with Crippen LogP contribution in [0.2, 0.25) is 0 Å². The van der Waals surface area contributed by atoms with Crippen LogP contribution in [0.25, 0.3) is 0 Å². The number of aromatic nitrogens is 2. The Bertz CT molecular complexity index is 587. The number of imidazole rings is 1. The average Bonchev–Trinajstić information content (AvgIpc) is 2.99. The van der Waals surface area contributed by atoms with E-state index in [1.165, 1.54) is 12.1 Å². The highest BCUT2D eigenvalue weighted by molar-refractivity contribution is 5.55. The van der Waals surface area contributed by atoms with Crippen molar-refractivity contribution >= 4 is 5.69 Å². The monoisotopic (exact) mass is 281 g/mol. The lowest BCUT2D eigenvalue weighted by Crippen LogP contribution is -2.25. The number of alkyl halides is 2. The number of hydrogen-bond donors (Lipinski definition) is 1. The second-order valence-electron chi connectivity index (χ2n) is 4.41. The summed E-state index contributed by atoms with van der Waals surface area (Å²) in [6.45, 7) is 1.56. The first kappa shape index (κ1) is 12.7. The zero-order valence-electron chi connectivity index (χ0n) is 10.6. The Labute approximate surface area is 114 Å². The number of rotatable bonds is 5. The van der Waals surface area contributed by atoms with Gasteiger partial charge in [0.15, 0.2) is 11.5 Å². The van der Waals surface area contributed by atoms with Crippen LogP contribution in [0.5, 0.6) is 11.5 Å². The van der Waals surface area contributed by atoms with E-state index >= 15 is 0 Å². The van der Waals surface area contributed by atoms with E-state index in [9.17, 15) is 8.78 Å². The van der Waals surface area contributed by atoms with Crippen LogP contribution in [0.4, 0.5) is 14.5 Å². The summed E-state index contributed by atoms with van der Waals surface area (Å²) in [5.74, 6) is 0.105. The lowest BCUT2D eigenvalue weighted by atomic mass is 10.2. The number of halogens is 2. The molecule has 20 heavy (non-hydrogen) atoms. The lowest BCUT2D eigenvalue weighted by Gasteiger charge is -2.07. The fraction of sp³-hybridized carbons (Fsp3) is 0.308. The van der Waals surface area contributed by atoms with Gasteiger partial charge in [-0.05, 0) is 18.6 Å². The van der Waals surface area contributed by atoms with Crippen LogP contribution in [0.3, 0.4) is 0 Å². The maximum Gasteiger partial charge on any atom is 0.586 e. The van der Waals surface area contributed by atoms with E-state index in [4.69, 9.17) is 0 Å². The van der Waals surface area contributed by atoms with Crippen LogP contribution in [-0.4, -0.2) is 22.4 Å². The first-order chi connectivity index (χ1) is 9.62. The van der Waals surface area contributed by atoms with Crippen LogP contribution in [0, 0.1) is 0 Å². The number of hydrogen-bond acceptors (Lipinski definition) is 4. The van der Waals surface area contributed by atoms with Crippen LogP contribution in [-0.2, 0) is 6.54 Å². The molecule has 0 saturated carbocycles. The minimum Gasteiger partial charge on any atom is -0.395 e. The number of ether oxygens (including phenoxy) is 2. The Morgan fingerprint density at radius 1 is 1.25 bits per heavy atom. The third-order valence-corrected chi connectivity index (χ3v) is 2.88. The van der Waals surface area contributed by atoms with Crippen LogP contribution >= 0.6 is 0 Å². The SMILES string of the molecule is FC1(F)Oc2ccc(NCCCn3ccnc3)cc2O1. The molecule has 0 amide bonds. The Balaban J connectivity index is 1.52. The van der Waals surface area contributed by atoms with Crippen molar-refractivity contribution in [3.05, 3.63) is 36.9 Å². The van der Waals surface area contributed by atoms with Crippen LogP contribution in [0.15, 0.2) is 36.9 Å². The van der Waals surface area contributed by atoms with Gasteiger partial charge in [-0.15, -0.1) is 8.78 Å². The molecule has 1 aromatic carbocycles.